The molecule has 32 nitrogen and oxygen atoms in total. The molecule has 0 amide bonds. The van der Waals surface area contributed by atoms with Crippen LogP contribution in [0.2, 0.25) is 0 Å². The van der Waals surface area contributed by atoms with Gasteiger partial charge in [0.1, 0.15) is 49.3 Å². The Morgan fingerprint density at radius 3 is 1.12 bits per heavy atom. The number of hydrogen-bond acceptors (Lipinski definition) is 26. The van der Waals surface area contributed by atoms with Crippen LogP contribution in [-0.2, 0) is 83.7 Å². The van der Waals surface area contributed by atoms with Crippen molar-refractivity contribution in [3.8, 4) is 0 Å². The van der Waals surface area contributed by atoms with Gasteiger partial charge in [0, 0.05) is 128 Å². The molecule has 12 saturated carbocycles. The summed E-state index contributed by atoms with van der Waals surface area (Å²) in [5, 5.41) is 8.83. The van der Waals surface area contributed by atoms with Crippen LogP contribution in [0, 0.1) is 23.7 Å². The Morgan fingerprint density at radius 2 is 0.786 bits per heavy atom. The SMILES string of the molecule is CS(=O)(=O)N1CCC(N)CC1.CS(=O)(=O)N1CCC(Nc2ncc3cc(C(F)F)c(=O)n(C45CC(C4)C5)c3n2)CC1.CS(=O)(=O)N1CCC(Nc2ncc3ccc(=O)n(C45CC(C4)C5)c3n2)CC1.CS(=O)(=O)c1ncc2ccc(=O)n(C34CC(C3)C4)c2n1.CSc1ncc2ccc(=O)n(C34CC(C3)C4)c2n1.O=S(CS(=O)C(F)F)C(F)F. The molecule has 0 aromatic carbocycles. The van der Waals surface area contributed by atoms with Crippen LogP contribution in [0.15, 0.2) is 96.7 Å². The van der Waals surface area contributed by atoms with Gasteiger partial charge >= 0.3 is 11.5 Å². The summed E-state index contributed by atoms with van der Waals surface area (Å²) in [6, 6.07) is 11.5. The van der Waals surface area contributed by atoms with E-state index in [0.717, 1.165) is 130 Å². The van der Waals surface area contributed by atoms with Crippen LogP contribution in [0.1, 0.15) is 128 Å². The molecule has 12 aliphatic carbocycles. The molecule has 15 fully saturated rings. The van der Waals surface area contributed by atoms with Crippen molar-refractivity contribution in [2.75, 3.05) is 86.3 Å². The molecule has 0 radical (unpaired) electrons. The average molecular weight is 1770 g/mol. The molecule has 3 aliphatic heterocycles. The van der Waals surface area contributed by atoms with E-state index in [-0.39, 0.29) is 56.6 Å². The molecule has 4 N–H and O–H groups in total. The van der Waals surface area contributed by atoms with Crippen LogP contribution in [0.3, 0.4) is 0 Å². The van der Waals surface area contributed by atoms with Crippen molar-refractivity contribution in [3.63, 3.8) is 0 Å². The zero-order valence-electron chi connectivity index (χ0n) is 64.4. The lowest BCUT2D eigenvalue weighted by Crippen LogP contribution is -2.62. The summed E-state index contributed by atoms with van der Waals surface area (Å²) in [4.78, 5) is 84.5. The topological polar surface area (TPSA) is 422 Å². The van der Waals surface area contributed by atoms with E-state index < -0.39 is 101 Å². The summed E-state index contributed by atoms with van der Waals surface area (Å²) in [7, 11) is -18.3. The summed E-state index contributed by atoms with van der Waals surface area (Å²) in [6.07, 6.45) is 26.7. The first-order valence-electron chi connectivity index (χ1n) is 38.1. The number of pyridine rings is 4. The molecule has 8 aromatic rings. The Morgan fingerprint density at radius 1 is 0.462 bits per heavy atom. The predicted molar refractivity (Wildman–Crippen MR) is 429 cm³/mol. The first kappa shape index (κ1) is 86.0. The van der Waals surface area contributed by atoms with Gasteiger partial charge < -0.3 is 16.4 Å². The van der Waals surface area contributed by atoms with Gasteiger partial charge in [0.2, 0.25) is 57.0 Å². The zero-order chi connectivity index (χ0) is 84.0. The number of aromatic nitrogens is 12. The smallest absolute Gasteiger partial charge is 0.312 e. The quantitative estimate of drug-likeness (QED) is 0.0489. The van der Waals surface area contributed by atoms with Crippen molar-refractivity contribution in [1.29, 1.82) is 0 Å². The second-order valence-corrected chi connectivity index (χ2v) is 44.5. The van der Waals surface area contributed by atoms with E-state index in [2.05, 4.69) is 50.5 Å². The molecule has 23 rings (SSSR count). The maximum Gasteiger partial charge on any atom is 0.312 e. The van der Waals surface area contributed by atoms with E-state index in [0.29, 0.717) is 116 Å². The van der Waals surface area contributed by atoms with Gasteiger partial charge in [-0.3, -0.25) is 45.9 Å². The van der Waals surface area contributed by atoms with Crippen molar-refractivity contribution >= 4 is 129 Å². The maximum absolute atomic E-state index is 13.4. The van der Waals surface area contributed by atoms with Gasteiger partial charge in [-0.25, -0.2) is 80.3 Å². The molecule has 3 saturated heterocycles. The van der Waals surface area contributed by atoms with Gasteiger partial charge in [-0.2, -0.15) is 32.5 Å². The molecule has 2 unspecified atom stereocenters. The summed E-state index contributed by atoms with van der Waals surface area (Å²) in [5.41, 5.74) is 6.25. The molecule has 8 aromatic heterocycles. The number of fused-ring (bicyclic) bond motifs is 4. The highest BCUT2D eigenvalue weighted by Crippen LogP contribution is 2.65. The summed E-state index contributed by atoms with van der Waals surface area (Å²) in [6.45, 7) is 2.99. The average Bonchev–Trinajstić information content (AvgIpc) is 0.697. The third-order valence-corrected chi connectivity index (χ3v) is 32.4. The van der Waals surface area contributed by atoms with E-state index in [1.165, 1.54) is 72.5 Å². The van der Waals surface area contributed by atoms with Crippen LogP contribution in [0.4, 0.5) is 38.2 Å². The number of nitrogens with one attached hydrogen (secondary N) is 2. The van der Waals surface area contributed by atoms with E-state index in [1.807, 2.05) is 27.7 Å². The molecule has 0 spiro atoms. The minimum atomic E-state index is -3.48. The first-order chi connectivity index (χ1) is 55.1. The zero-order valence-corrected chi connectivity index (χ0v) is 70.1. The maximum atomic E-state index is 13.4. The van der Waals surface area contributed by atoms with Gasteiger partial charge in [-0.15, -0.1) is 0 Å². The predicted octanol–water partition coefficient (Wildman–Crippen LogP) is 6.19. The molecule has 15 aliphatic rings. The van der Waals surface area contributed by atoms with E-state index in [1.54, 1.807) is 35.0 Å². The summed E-state index contributed by atoms with van der Waals surface area (Å²) in [5.74, 6) is -2.69. The lowest BCUT2D eigenvalue weighted by molar-refractivity contribution is -0.0889. The number of hydrogen-bond donors (Lipinski definition) is 3. The molecule has 117 heavy (non-hydrogen) atoms. The summed E-state index contributed by atoms with van der Waals surface area (Å²) >= 11 is 1.51. The third kappa shape index (κ3) is 17.8. The fraction of sp³-hybridized carbons (Fsp3) is 0.611. The molecule has 636 valence electrons. The Labute approximate surface area is 678 Å². The molecule has 2 atom stereocenters. The van der Waals surface area contributed by atoms with Gasteiger partial charge in [0.25, 0.3) is 28.7 Å². The number of anilines is 2. The standard InChI is InChI=1S/C19H23F2N5O3S.C18H23N5O3S.C13H13N3O3S.C13H13N3OS.C6H14N2O2S.C3H4F4O2S2/c1-30(28,29)25-4-2-13(3-5-25)23-18-22-10-12-6-14(15(20)21)17(27)26(16(12)24-18)19-7-11(8-19)9-19;1-27(25,26)22-6-4-14(5-7-22)20-17-19-11-13-2-3-15(24)23(16(13)21-17)18-8-12(9-18)10-18;1-20(18,19)12-14-7-9-2-3-10(17)16(11(9)15-12)13-4-8(5-13)6-13;1-18-12-14-7-9-2-3-10(17)16(11(9)15-12)13-4-8(5-13)6-13;1-11(9,10)8-4-2-6(7)3-5-8;4-2(5)10(8)1-11(9)3(6)7/h6,10-11,13,15H,2-5,7-9H2,1H3,(H,22,23,24);2-3,11-12,14H,4-10H2,1H3,(H,19,20,21);2-3,7-8H,4-6H2,1H3;2-3,7-8H,4-6H2,1H3;6H,2-5,7H2,1H3;2-3H,1H2. The van der Waals surface area contributed by atoms with Crippen molar-refractivity contribution < 1.29 is 68.4 Å². The lowest BCUT2D eigenvalue weighted by Gasteiger charge is -2.62. The number of piperidine rings is 3. The number of nitrogens with zero attached hydrogens (tertiary/aromatic N) is 15. The number of thioether (sulfide) groups is 1. The molecular weight excluding hydrogens is 1680 g/mol. The Bertz CT molecular complexity index is 5910. The number of rotatable bonds is 18. The van der Waals surface area contributed by atoms with Crippen molar-refractivity contribution in [1.82, 2.24) is 71.1 Å². The largest absolute Gasteiger partial charge is 0.351 e. The second-order valence-electron chi connectivity index (χ2n) is 32.7. The van der Waals surface area contributed by atoms with Crippen LogP contribution in [0.5, 0.6) is 0 Å². The Balaban J connectivity index is 0.000000120. The highest BCUT2D eigenvalue weighted by Gasteiger charge is 2.62. The normalized spacial score (nSPS) is 26.6. The van der Waals surface area contributed by atoms with Gasteiger partial charge in [-0.1, -0.05) is 11.8 Å². The number of sulfonamides is 3. The Hall–Kier alpha value is -7.37. The number of alkyl halides is 6. The van der Waals surface area contributed by atoms with E-state index in [4.69, 9.17) is 5.73 Å². The Kier molecular flexibility index (Phi) is 24.2. The van der Waals surface area contributed by atoms with Crippen LogP contribution in [-0.4, -0.2) is 218 Å². The highest BCUT2D eigenvalue weighted by molar-refractivity contribution is 8.02. The van der Waals surface area contributed by atoms with Crippen molar-refractivity contribution in [2.24, 2.45) is 29.4 Å². The number of nitrogens with two attached hydrogens (primary N) is 1. The minimum Gasteiger partial charge on any atom is -0.351 e. The van der Waals surface area contributed by atoms with Gasteiger partial charge in [0.05, 0.1) is 46.5 Å². The van der Waals surface area contributed by atoms with E-state index >= 15 is 0 Å². The second kappa shape index (κ2) is 32.9. The van der Waals surface area contributed by atoms with Gasteiger partial charge in [-0.05, 0) is 170 Å². The number of halogens is 6. The minimum absolute atomic E-state index is 0.00379. The molecule has 45 heteroatoms. The van der Waals surface area contributed by atoms with E-state index in [9.17, 15) is 87.6 Å². The lowest BCUT2D eigenvalue weighted by atomic mass is 9.49. The fourth-order valence-corrected chi connectivity index (χ4v) is 23.0. The molecular formula is C72H90F6N18O14S7. The van der Waals surface area contributed by atoms with Crippen molar-refractivity contribution in [3.05, 3.63) is 114 Å². The third-order valence-electron chi connectivity index (χ3n) is 24.4. The van der Waals surface area contributed by atoms with Crippen LogP contribution >= 0.6 is 11.8 Å². The fourth-order valence-electron chi connectivity index (χ4n) is 17.8. The summed E-state index contributed by atoms with van der Waals surface area (Å²) < 4.78 is 196. The van der Waals surface area contributed by atoms with Gasteiger partial charge in [0.15, 0.2) is 5.16 Å². The highest BCUT2D eigenvalue weighted by atomic mass is 32.2. The molecule has 11 heterocycles. The molecule has 8 bridgehead atoms. The number of sulfone groups is 1. The van der Waals surface area contributed by atoms with Crippen molar-refractivity contribution in [2.45, 2.75) is 184 Å². The monoisotopic (exact) mass is 1770 g/mol. The first-order valence-corrected chi connectivity index (χ1v) is 49.6. The van der Waals surface area contributed by atoms with Crippen LogP contribution < -0.4 is 38.6 Å². The van der Waals surface area contributed by atoms with Crippen LogP contribution in [0.25, 0.3) is 44.1 Å².